The van der Waals surface area contributed by atoms with Crippen molar-refractivity contribution in [2.75, 3.05) is 38.3 Å². The summed E-state index contributed by atoms with van der Waals surface area (Å²) >= 11 is 0. The molecule has 0 aromatic heterocycles. The number of amides is 1. The summed E-state index contributed by atoms with van der Waals surface area (Å²) in [5.41, 5.74) is 1.98. The van der Waals surface area contributed by atoms with Gasteiger partial charge in [0.2, 0.25) is 5.91 Å². The van der Waals surface area contributed by atoms with E-state index in [-0.39, 0.29) is 23.7 Å². The summed E-state index contributed by atoms with van der Waals surface area (Å²) in [6.07, 6.45) is 1.79. The Kier molecular flexibility index (Phi) is 5.89. The molecule has 26 heavy (non-hydrogen) atoms. The maximum atomic E-state index is 13.0. The summed E-state index contributed by atoms with van der Waals surface area (Å²) in [5, 5.41) is 3.09. The highest BCUT2D eigenvalue weighted by Crippen LogP contribution is 2.34. The molecule has 5 heteroatoms. The van der Waals surface area contributed by atoms with Crippen molar-refractivity contribution in [1.82, 2.24) is 5.32 Å². The lowest BCUT2D eigenvalue weighted by molar-refractivity contribution is -0.120. The minimum absolute atomic E-state index is 0.0429. The van der Waals surface area contributed by atoms with Crippen LogP contribution in [0, 0.1) is 5.82 Å². The zero-order chi connectivity index (χ0) is 18.4. The highest BCUT2D eigenvalue weighted by Gasteiger charge is 2.34. The number of likely N-dealkylation sites (N-methyl/N-ethyl adjacent to an activating group) is 1. The molecule has 138 valence electrons. The second-order valence-electron chi connectivity index (χ2n) is 6.87. The number of anilines is 1. The van der Waals surface area contributed by atoms with E-state index in [0.29, 0.717) is 19.8 Å². The molecule has 1 aliphatic heterocycles. The van der Waals surface area contributed by atoms with Crippen molar-refractivity contribution in [3.63, 3.8) is 0 Å². The van der Waals surface area contributed by atoms with E-state index in [2.05, 4.69) is 17.4 Å². The smallest absolute Gasteiger partial charge is 0.239 e. The van der Waals surface area contributed by atoms with Gasteiger partial charge < -0.3 is 15.0 Å². The van der Waals surface area contributed by atoms with Crippen molar-refractivity contribution in [2.24, 2.45) is 0 Å². The van der Waals surface area contributed by atoms with Crippen LogP contribution in [0.3, 0.4) is 0 Å². The molecular weight excluding hydrogens is 331 g/mol. The normalized spacial score (nSPS) is 16.1. The molecule has 0 radical (unpaired) electrons. The molecule has 1 fully saturated rings. The minimum atomic E-state index is -0.282. The van der Waals surface area contributed by atoms with Crippen LogP contribution in [0.25, 0.3) is 0 Å². The number of rotatable bonds is 6. The van der Waals surface area contributed by atoms with Crippen molar-refractivity contribution >= 4 is 11.6 Å². The fourth-order valence-electron chi connectivity index (χ4n) is 3.45. The lowest BCUT2D eigenvalue weighted by Gasteiger charge is -2.38. The van der Waals surface area contributed by atoms with Crippen molar-refractivity contribution in [1.29, 1.82) is 0 Å². The molecule has 1 aliphatic rings. The molecule has 1 N–H and O–H groups in total. The molecule has 1 heterocycles. The zero-order valence-corrected chi connectivity index (χ0v) is 15.1. The summed E-state index contributed by atoms with van der Waals surface area (Å²) in [7, 11) is 1.83. The Labute approximate surface area is 154 Å². The van der Waals surface area contributed by atoms with Gasteiger partial charge in [-0.1, -0.05) is 30.3 Å². The second kappa shape index (κ2) is 8.32. The Hall–Kier alpha value is -2.40. The fourth-order valence-corrected chi connectivity index (χ4v) is 3.45. The van der Waals surface area contributed by atoms with Gasteiger partial charge >= 0.3 is 0 Å². The first-order chi connectivity index (χ1) is 12.6. The van der Waals surface area contributed by atoms with Crippen molar-refractivity contribution in [2.45, 2.75) is 18.3 Å². The van der Waals surface area contributed by atoms with Crippen LogP contribution < -0.4 is 10.2 Å². The Morgan fingerprint density at radius 3 is 2.42 bits per heavy atom. The molecule has 4 nitrogen and oxygen atoms in total. The number of nitrogens with zero attached hydrogens (tertiary/aromatic N) is 1. The van der Waals surface area contributed by atoms with Crippen molar-refractivity contribution in [3.05, 3.63) is 66.0 Å². The average Bonchev–Trinajstić information content (AvgIpc) is 2.68. The van der Waals surface area contributed by atoms with Gasteiger partial charge in [0.15, 0.2) is 0 Å². The summed E-state index contributed by atoms with van der Waals surface area (Å²) in [6.45, 7) is 2.24. The number of carbonyl (C=O) groups is 1. The first kappa shape index (κ1) is 18.4. The number of hydrogen-bond acceptors (Lipinski definition) is 3. The average molecular weight is 356 g/mol. The quantitative estimate of drug-likeness (QED) is 0.865. The van der Waals surface area contributed by atoms with Gasteiger partial charge in [0.1, 0.15) is 5.82 Å². The number of ether oxygens (including phenoxy) is 1. The number of benzene rings is 2. The van der Waals surface area contributed by atoms with Crippen LogP contribution in [0.2, 0.25) is 0 Å². The molecule has 3 rings (SSSR count). The monoisotopic (exact) mass is 356 g/mol. The highest BCUT2D eigenvalue weighted by atomic mass is 19.1. The molecule has 0 spiro atoms. The summed E-state index contributed by atoms with van der Waals surface area (Å²) in [6, 6.07) is 16.5. The van der Waals surface area contributed by atoms with E-state index in [9.17, 15) is 9.18 Å². The van der Waals surface area contributed by atoms with Gasteiger partial charge in [-0.3, -0.25) is 4.79 Å². The van der Waals surface area contributed by atoms with Crippen LogP contribution in [0.4, 0.5) is 10.1 Å². The van der Waals surface area contributed by atoms with Crippen LogP contribution in [0.1, 0.15) is 18.4 Å². The molecular formula is C21H25FN2O2. The predicted octanol–water partition coefficient (Wildman–Crippen LogP) is 3.13. The van der Waals surface area contributed by atoms with Crippen molar-refractivity contribution in [3.8, 4) is 0 Å². The number of nitrogens with one attached hydrogen (secondary N) is 1. The Bertz CT molecular complexity index is 713. The van der Waals surface area contributed by atoms with Crippen LogP contribution in [0.5, 0.6) is 0 Å². The molecule has 0 unspecified atom stereocenters. The second-order valence-corrected chi connectivity index (χ2v) is 6.87. The predicted molar refractivity (Wildman–Crippen MR) is 101 cm³/mol. The fraction of sp³-hybridized carbons (Fsp3) is 0.381. The van der Waals surface area contributed by atoms with Crippen LogP contribution in [-0.4, -0.2) is 39.3 Å². The Balaban J connectivity index is 1.62. The topological polar surface area (TPSA) is 41.6 Å². The van der Waals surface area contributed by atoms with Gasteiger partial charge in [0.25, 0.3) is 0 Å². The van der Waals surface area contributed by atoms with E-state index in [1.807, 2.05) is 30.1 Å². The Morgan fingerprint density at radius 1 is 1.12 bits per heavy atom. The van der Waals surface area contributed by atoms with Crippen LogP contribution in [0.15, 0.2) is 54.6 Å². The van der Waals surface area contributed by atoms with Gasteiger partial charge in [-0.2, -0.15) is 0 Å². The van der Waals surface area contributed by atoms with Gasteiger partial charge in [0, 0.05) is 37.9 Å². The first-order valence-corrected chi connectivity index (χ1v) is 8.96. The lowest BCUT2D eigenvalue weighted by atomic mass is 9.74. The minimum Gasteiger partial charge on any atom is -0.381 e. The van der Waals surface area contributed by atoms with E-state index < -0.39 is 0 Å². The van der Waals surface area contributed by atoms with E-state index in [4.69, 9.17) is 4.74 Å². The third-order valence-corrected chi connectivity index (χ3v) is 5.11. The molecule has 2 aromatic rings. The number of carbonyl (C=O) groups excluding carboxylic acids is 1. The maximum absolute atomic E-state index is 13.0. The molecule has 1 saturated heterocycles. The molecule has 2 aromatic carbocycles. The number of halogens is 1. The first-order valence-electron chi connectivity index (χ1n) is 8.96. The van der Waals surface area contributed by atoms with Crippen LogP contribution in [-0.2, 0) is 14.9 Å². The molecule has 0 bridgehead atoms. The Morgan fingerprint density at radius 2 is 1.77 bits per heavy atom. The third kappa shape index (κ3) is 4.41. The van der Waals surface area contributed by atoms with E-state index in [1.54, 1.807) is 12.1 Å². The SMILES string of the molecule is CN(CC(=O)NCC1(c2ccccc2)CCOCC1)c1ccc(F)cc1. The third-order valence-electron chi connectivity index (χ3n) is 5.11. The molecule has 0 saturated carbocycles. The van der Waals surface area contributed by atoms with Gasteiger partial charge in [-0.15, -0.1) is 0 Å². The van der Waals surface area contributed by atoms with Crippen molar-refractivity contribution < 1.29 is 13.9 Å². The zero-order valence-electron chi connectivity index (χ0n) is 15.1. The van der Waals surface area contributed by atoms with E-state index in [1.165, 1.54) is 17.7 Å². The van der Waals surface area contributed by atoms with E-state index in [0.717, 1.165) is 18.5 Å². The highest BCUT2D eigenvalue weighted by molar-refractivity contribution is 5.81. The summed E-state index contributed by atoms with van der Waals surface area (Å²) in [5.74, 6) is -0.324. The largest absolute Gasteiger partial charge is 0.381 e. The van der Waals surface area contributed by atoms with Gasteiger partial charge in [-0.25, -0.2) is 4.39 Å². The molecule has 0 aliphatic carbocycles. The lowest BCUT2D eigenvalue weighted by Crippen LogP contribution is -2.46. The molecule has 0 atom stereocenters. The van der Waals surface area contributed by atoms with Gasteiger partial charge in [-0.05, 0) is 42.7 Å². The standard InChI is InChI=1S/C21H25FN2O2/c1-24(19-9-7-18(22)8-10-19)15-20(25)23-16-21(11-13-26-14-12-21)17-5-3-2-4-6-17/h2-10H,11-16H2,1H3,(H,23,25). The maximum Gasteiger partial charge on any atom is 0.239 e. The number of hydrogen-bond donors (Lipinski definition) is 1. The van der Waals surface area contributed by atoms with E-state index >= 15 is 0 Å². The summed E-state index contributed by atoms with van der Waals surface area (Å²) in [4.78, 5) is 14.3. The van der Waals surface area contributed by atoms with Gasteiger partial charge in [0.05, 0.1) is 6.54 Å². The van der Waals surface area contributed by atoms with Crippen LogP contribution >= 0.6 is 0 Å². The molecule has 1 amide bonds. The summed E-state index contributed by atoms with van der Waals surface area (Å²) < 4.78 is 18.6.